The molecule has 0 atom stereocenters. The minimum absolute atomic E-state index is 0.851. The number of dihydropyridines is 1. The number of allylic oxidation sites excluding steroid dienone is 1. The smallest absolute Gasteiger partial charge is 0.0429 e. The van der Waals surface area contributed by atoms with Gasteiger partial charge in [-0.05, 0) is 24.1 Å². The summed E-state index contributed by atoms with van der Waals surface area (Å²) >= 11 is 0. The van der Waals surface area contributed by atoms with Crippen molar-refractivity contribution in [3.8, 4) is 0 Å². The Kier molecular flexibility index (Phi) is 2.13. The number of hydrogen-bond acceptors (Lipinski definition) is 2. The van der Waals surface area contributed by atoms with Gasteiger partial charge in [-0.3, -0.25) is 4.99 Å². The molecule has 1 heterocycles. The van der Waals surface area contributed by atoms with Crippen LogP contribution in [0.15, 0.2) is 35.3 Å². The molecule has 0 bridgehead atoms. The summed E-state index contributed by atoms with van der Waals surface area (Å²) in [6.07, 6.45) is 4.88. The topological polar surface area (TPSA) is 38.4 Å². The third kappa shape index (κ3) is 1.61. The number of nitrogens with two attached hydrogens (primary N) is 1. The van der Waals surface area contributed by atoms with E-state index in [9.17, 15) is 0 Å². The van der Waals surface area contributed by atoms with Crippen molar-refractivity contribution in [2.75, 3.05) is 12.3 Å². The first kappa shape index (κ1) is 8.05. The number of hydrogen-bond donors (Lipinski definition) is 1. The third-order valence-electron chi connectivity index (χ3n) is 2.20. The van der Waals surface area contributed by atoms with Gasteiger partial charge >= 0.3 is 0 Å². The molecule has 0 radical (unpaired) electrons. The summed E-state index contributed by atoms with van der Waals surface area (Å²) in [6, 6.07) is 7.96. The first-order valence-corrected chi connectivity index (χ1v) is 4.42. The maximum absolute atomic E-state index is 5.87. The molecule has 1 aliphatic rings. The van der Waals surface area contributed by atoms with E-state index in [2.05, 4.69) is 11.1 Å². The van der Waals surface area contributed by atoms with Gasteiger partial charge in [0.05, 0.1) is 0 Å². The number of nitrogens with zero attached hydrogens (tertiary/aromatic N) is 1. The molecule has 0 spiro atoms. The Morgan fingerprint density at radius 2 is 2.08 bits per heavy atom. The highest BCUT2D eigenvalue weighted by Gasteiger charge is 2.05. The fourth-order valence-corrected chi connectivity index (χ4v) is 1.50. The van der Waals surface area contributed by atoms with Gasteiger partial charge in [0.2, 0.25) is 0 Å². The summed E-state index contributed by atoms with van der Waals surface area (Å²) < 4.78 is 0. The van der Waals surface area contributed by atoms with E-state index in [1.807, 2.05) is 30.5 Å². The number of anilines is 1. The van der Waals surface area contributed by atoms with Gasteiger partial charge in [-0.25, -0.2) is 0 Å². The van der Waals surface area contributed by atoms with Crippen LogP contribution in [-0.2, 0) is 0 Å². The number of benzene rings is 1. The van der Waals surface area contributed by atoms with E-state index >= 15 is 0 Å². The van der Waals surface area contributed by atoms with Gasteiger partial charge in [-0.15, -0.1) is 0 Å². The second-order valence-corrected chi connectivity index (χ2v) is 3.08. The molecule has 1 aromatic carbocycles. The lowest BCUT2D eigenvalue weighted by molar-refractivity contribution is 1.02. The molecule has 0 aromatic heterocycles. The maximum Gasteiger partial charge on any atom is 0.0429 e. The largest absolute Gasteiger partial charge is 0.398 e. The van der Waals surface area contributed by atoms with Crippen LogP contribution in [0.4, 0.5) is 5.69 Å². The number of nitrogen functional groups attached to an aromatic ring is 1. The summed E-state index contributed by atoms with van der Waals surface area (Å²) in [5, 5.41) is 0. The molecule has 0 aliphatic carbocycles. The van der Waals surface area contributed by atoms with Gasteiger partial charge < -0.3 is 5.73 Å². The van der Waals surface area contributed by atoms with E-state index in [1.165, 1.54) is 5.57 Å². The van der Waals surface area contributed by atoms with Crippen molar-refractivity contribution < 1.29 is 0 Å². The first-order chi connectivity index (χ1) is 6.38. The highest BCUT2D eigenvalue weighted by molar-refractivity contribution is 5.88. The van der Waals surface area contributed by atoms with Crippen LogP contribution in [0.5, 0.6) is 0 Å². The van der Waals surface area contributed by atoms with E-state index in [0.717, 1.165) is 24.2 Å². The fourth-order valence-electron chi connectivity index (χ4n) is 1.50. The first-order valence-electron chi connectivity index (χ1n) is 4.42. The molecular formula is C11H12N2. The van der Waals surface area contributed by atoms with Crippen molar-refractivity contribution in [3.63, 3.8) is 0 Å². The zero-order valence-electron chi connectivity index (χ0n) is 7.40. The van der Waals surface area contributed by atoms with Gasteiger partial charge in [0.15, 0.2) is 0 Å². The number of para-hydroxylation sites is 1. The third-order valence-corrected chi connectivity index (χ3v) is 2.20. The molecule has 2 rings (SSSR count). The van der Waals surface area contributed by atoms with Crippen LogP contribution in [0.2, 0.25) is 0 Å². The highest BCUT2D eigenvalue weighted by atomic mass is 14.7. The van der Waals surface area contributed by atoms with E-state index in [1.54, 1.807) is 0 Å². The van der Waals surface area contributed by atoms with Crippen molar-refractivity contribution in [2.24, 2.45) is 4.99 Å². The van der Waals surface area contributed by atoms with Crippen molar-refractivity contribution >= 4 is 17.5 Å². The van der Waals surface area contributed by atoms with Crippen LogP contribution < -0.4 is 5.73 Å². The molecule has 0 unspecified atom stereocenters. The van der Waals surface area contributed by atoms with Gasteiger partial charge in [0.25, 0.3) is 0 Å². The minimum Gasteiger partial charge on any atom is -0.398 e. The Hall–Kier alpha value is -1.57. The standard InChI is InChI=1S/C11H12N2/c12-11-4-2-1-3-10(11)9-5-7-13-8-6-9/h1-5,7H,6,8,12H2. The molecule has 1 aliphatic heterocycles. The molecule has 0 saturated carbocycles. The van der Waals surface area contributed by atoms with Crippen LogP contribution >= 0.6 is 0 Å². The van der Waals surface area contributed by atoms with Crippen LogP contribution in [-0.4, -0.2) is 12.8 Å². The molecular weight excluding hydrogens is 160 g/mol. The predicted octanol–water partition coefficient (Wildman–Crippen LogP) is 2.13. The summed E-state index contributed by atoms with van der Waals surface area (Å²) in [4.78, 5) is 4.14. The molecule has 0 fully saturated rings. The Morgan fingerprint density at radius 3 is 2.77 bits per heavy atom. The molecule has 0 saturated heterocycles. The SMILES string of the molecule is Nc1ccccc1C1=CC=NCC1. The lowest BCUT2D eigenvalue weighted by atomic mass is 10.00. The molecule has 13 heavy (non-hydrogen) atoms. The van der Waals surface area contributed by atoms with Crippen LogP contribution in [0.3, 0.4) is 0 Å². The lowest BCUT2D eigenvalue weighted by Gasteiger charge is -2.10. The van der Waals surface area contributed by atoms with Gasteiger partial charge in [0, 0.05) is 24.0 Å². The Labute approximate surface area is 77.8 Å². The average molecular weight is 172 g/mol. The highest BCUT2D eigenvalue weighted by Crippen LogP contribution is 2.24. The maximum atomic E-state index is 5.87. The van der Waals surface area contributed by atoms with E-state index in [0.29, 0.717) is 0 Å². The lowest BCUT2D eigenvalue weighted by Crippen LogP contribution is -1.98. The number of aliphatic imine (C=N–C) groups is 1. The van der Waals surface area contributed by atoms with Crippen molar-refractivity contribution in [1.82, 2.24) is 0 Å². The second kappa shape index (κ2) is 3.44. The monoisotopic (exact) mass is 172 g/mol. The van der Waals surface area contributed by atoms with E-state index in [4.69, 9.17) is 5.73 Å². The number of rotatable bonds is 1. The Balaban J connectivity index is 2.40. The van der Waals surface area contributed by atoms with Crippen molar-refractivity contribution in [3.05, 3.63) is 35.9 Å². The molecule has 66 valence electrons. The zero-order chi connectivity index (χ0) is 9.10. The zero-order valence-corrected chi connectivity index (χ0v) is 7.40. The van der Waals surface area contributed by atoms with Crippen molar-refractivity contribution in [2.45, 2.75) is 6.42 Å². The molecule has 2 nitrogen and oxygen atoms in total. The fraction of sp³-hybridized carbons (Fsp3) is 0.182. The van der Waals surface area contributed by atoms with Crippen LogP contribution in [0.25, 0.3) is 5.57 Å². The van der Waals surface area contributed by atoms with E-state index < -0.39 is 0 Å². The molecule has 2 N–H and O–H groups in total. The summed E-state index contributed by atoms with van der Waals surface area (Å²) in [7, 11) is 0. The van der Waals surface area contributed by atoms with Crippen LogP contribution in [0.1, 0.15) is 12.0 Å². The van der Waals surface area contributed by atoms with Crippen molar-refractivity contribution in [1.29, 1.82) is 0 Å². The Bertz CT molecular complexity index is 364. The Morgan fingerprint density at radius 1 is 1.23 bits per heavy atom. The van der Waals surface area contributed by atoms with E-state index in [-0.39, 0.29) is 0 Å². The quantitative estimate of drug-likeness (QED) is 0.647. The predicted molar refractivity (Wildman–Crippen MR) is 56.8 cm³/mol. The summed E-state index contributed by atoms with van der Waals surface area (Å²) in [5.74, 6) is 0. The van der Waals surface area contributed by atoms with Crippen LogP contribution in [0, 0.1) is 0 Å². The summed E-state index contributed by atoms with van der Waals surface area (Å²) in [6.45, 7) is 0.875. The molecule has 2 heteroatoms. The molecule has 1 aromatic rings. The second-order valence-electron chi connectivity index (χ2n) is 3.08. The van der Waals surface area contributed by atoms with Gasteiger partial charge in [-0.2, -0.15) is 0 Å². The average Bonchev–Trinajstić information content (AvgIpc) is 2.20. The van der Waals surface area contributed by atoms with Gasteiger partial charge in [-0.1, -0.05) is 18.2 Å². The normalized spacial score (nSPS) is 15.5. The summed E-state index contributed by atoms with van der Waals surface area (Å²) in [5.41, 5.74) is 9.15. The van der Waals surface area contributed by atoms with Gasteiger partial charge in [0.1, 0.15) is 0 Å². The minimum atomic E-state index is 0.851. The molecule has 0 amide bonds.